The number of ether oxygens (including phenoxy) is 1. The Morgan fingerprint density at radius 3 is 2.63 bits per heavy atom. The maximum absolute atomic E-state index is 13.0. The van der Waals surface area contributed by atoms with Crippen molar-refractivity contribution in [1.82, 2.24) is 0 Å². The summed E-state index contributed by atoms with van der Waals surface area (Å²) in [6, 6.07) is 1.74. The minimum absolute atomic E-state index is 0.0623. The molecule has 6 nitrogen and oxygen atoms in total. The third kappa shape index (κ3) is 5.29. The average molecular weight is 377 g/mol. The van der Waals surface area contributed by atoms with Gasteiger partial charge in [0.05, 0.1) is 27.8 Å². The smallest absolute Gasteiger partial charge is 0.315 e. The van der Waals surface area contributed by atoms with Crippen LogP contribution in [-0.2, 0) is 9.05 Å². The van der Waals surface area contributed by atoms with Crippen LogP contribution in [0.25, 0.3) is 0 Å². The molecule has 0 radical (unpaired) electrons. The van der Waals surface area contributed by atoms with Gasteiger partial charge in [0.25, 0.3) is 0 Å². The molecule has 0 heterocycles. The van der Waals surface area contributed by atoms with Crippen LogP contribution < -0.4 is 4.74 Å². The lowest BCUT2D eigenvalue weighted by Gasteiger charge is -2.08. The van der Waals surface area contributed by atoms with E-state index in [0.29, 0.717) is 0 Å². The van der Waals surface area contributed by atoms with E-state index >= 15 is 0 Å². The summed E-state index contributed by atoms with van der Waals surface area (Å²) in [7, 11) is 1.36. The van der Waals surface area contributed by atoms with E-state index in [9.17, 15) is 22.9 Å². The molecule has 0 aliphatic rings. The molecule has 0 spiro atoms. The lowest BCUT2D eigenvalue weighted by molar-refractivity contribution is -0.386. The van der Waals surface area contributed by atoms with Gasteiger partial charge >= 0.3 is 5.69 Å². The molecule has 0 unspecified atom stereocenters. The van der Waals surface area contributed by atoms with Crippen LogP contribution in [0.15, 0.2) is 16.6 Å². The van der Waals surface area contributed by atoms with Crippen LogP contribution >= 0.6 is 26.6 Å². The zero-order valence-electron chi connectivity index (χ0n) is 9.31. The fraction of sp³-hybridized carbons (Fsp3) is 0.333. The number of nitrogens with zero attached hydrogens (tertiary/aromatic N) is 1. The first kappa shape index (κ1) is 16.1. The Labute approximate surface area is 121 Å². The lowest BCUT2D eigenvalue weighted by atomic mass is 10.3. The maximum Gasteiger partial charge on any atom is 0.315 e. The van der Waals surface area contributed by atoms with E-state index in [4.69, 9.17) is 15.4 Å². The molecule has 19 heavy (non-hydrogen) atoms. The summed E-state index contributed by atoms with van der Waals surface area (Å²) in [5.74, 6) is -1.26. The van der Waals surface area contributed by atoms with Crippen molar-refractivity contribution in [3.63, 3.8) is 0 Å². The first-order chi connectivity index (χ1) is 8.70. The molecular formula is C9H8BrClFNO5S. The molecule has 0 saturated heterocycles. The standard InChI is InChI=1S/C9H8BrClFNO5S/c10-7-4-6(12)5-8(13(14)15)9(7)18-2-1-3-19(11,16)17/h4-5H,1-3H2. The van der Waals surface area contributed by atoms with E-state index in [-0.39, 0.29) is 29.0 Å². The van der Waals surface area contributed by atoms with Crippen molar-refractivity contribution in [2.75, 3.05) is 12.4 Å². The van der Waals surface area contributed by atoms with Gasteiger partial charge in [0, 0.05) is 10.7 Å². The zero-order chi connectivity index (χ0) is 14.6. The average Bonchev–Trinajstić information content (AvgIpc) is 2.24. The Kier molecular flexibility index (Phi) is 5.50. The van der Waals surface area contributed by atoms with Gasteiger partial charge in [0.1, 0.15) is 5.82 Å². The molecule has 0 aromatic heterocycles. The van der Waals surface area contributed by atoms with Crippen molar-refractivity contribution in [3.8, 4) is 5.75 Å². The molecule has 0 fully saturated rings. The minimum atomic E-state index is -3.64. The van der Waals surface area contributed by atoms with Gasteiger partial charge in [-0.1, -0.05) is 0 Å². The number of halogens is 3. The third-order valence-corrected chi connectivity index (χ3v) is 3.79. The van der Waals surface area contributed by atoms with Gasteiger partial charge in [-0.05, 0) is 28.4 Å². The summed E-state index contributed by atoms with van der Waals surface area (Å²) in [4.78, 5) is 9.95. The molecule has 0 aliphatic heterocycles. The van der Waals surface area contributed by atoms with E-state index in [1.807, 2.05) is 0 Å². The van der Waals surface area contributed by atoms with Crippen molar-refractivity contribution in [3.05, 3.63) is 32.5 Å². The van der Waals surface area contributed by atoms with Crippen LogP contribution in [0.4, 0.5) is 10.1 Å². The quantitative estimate of drug-likeness (QED) is 0.330. The third-order valence-electron chi connectivity index (χ3n) is 1.96. The zero-order valence-corrected chi connectivity index (χ0v) is 12.5. The predicted molar refractivity (Wildman–Crippen MR) is 70.5 cm³/mol. The summed E-state index contributed by atoms with van der Waals surface area (Å²) in [6.45, 7) is -0.100. The lowest BCUT2D eigenvalue weighted by Crippen LogP contribution is -2.06. The number of nitro benzene ring substituents is 1. The molecule has 0 atom stereocenters. The van der Waals surface area contributed by atoms with Crippen molar-refractivity contribution < 1.29 is 22.5 Å². The van der Waals surface area contributed by atoms with E-state index in [0.717, 1.165) is 12.1 Å². The topological polar surface area (TPSA) is 86.5 Å². The molecule has 1 aromatic rings. The Hall–Kier alpha value is -0.930. The molecule has 0 N–H and O–H groups in total. The second-order valence-corrected chi connectivity index (χ2v) is 7.19. The maximum atomic E-state index is 13.0. The number of hydrogen-bond acceptors (Lipinski definition) is 5. The summed E-state index contributed by atoms with van der Waals surface area (Å²) in [6.07, 6.45) is 0.0623. The SMILES string of the molecule is O=[N+]([O-])c1cc(F)cc(Br)c1OCCCS(=O)(=O)Cl. The molecule has 1 rings (SSSR count). The Morgan fingerprint density at radius 2 is 2.11 bits per heavy atom. The van der Waals surface area contributed by atoms with Gasteiger partial charge in [-0.15, -0.1) is 0 Å². The fourth-order valence-electron chi connectivity index (χ4n) is 1.23. The summed E-state index contributed by atoms with van der Waals surface area (Å²) >= 11 is 2.94. The first-order valence-electron chi connectivity index (χ1n) is 4.89. The van der Waals surface area contributed by atoms with Crippen LogP contribution in [0, 0.1) is 15.9 Å². The molecule has 0 amide bonds. The Bertz CT molecular complexity index is 595. The van der Waals surface area contributed by atoms with Gasteiger partial charge in [0.15, 0.2) is 0 Å². The van der Waals surface area contributed by atoms with Gasteiger partial charge in [0.2, 0.25) is 14.8 Å². The highest BCUT2D eigenvalue weighted by atomic mass is 79.9. The van der Waals surface area contributed by atoms with Gasteiger partial charge in [-0.2, -0.15) is 0 Å². The summed E-state index contributed by atoms with van der Waals surface area (Å²) in [5, 5.41) is 10.7. The molecule has 1 aromatic carbocycles. The van der Waals surface area contributed by atoms with Crippen molar-refractivity contribution in [2.24, 2.45) is 0 Å². The predicted octanol–water partition coefficient (Wildman–Crippen LogP) is 2.83. The first-order valence-corrected chi connectivity index (χ1v) is 8.16. The number of hydrogen-bond donors (Lipinski definition) is 0. The van der Waals surface area contributed by atoms with Crippen LogP contribution in [-0.4, -0.2) is 25.7 Å². The van der Waals surface area contributed by atoms with E-state index < -0.39 is 25.5 Å². The Morgan fingerprint density at radius 1 is 1.47 bits per heavy atom. The minimum Gasteiger partial charge on any atom is -0.486 e. The van der Waals surface area contributed by atoms with Crippen LogP contribution in [0.3, 0.4) is 0 Å². The van der Waals surface area contributed by atoms with Crippen molar-refractivity contribution >= 4 is 41.4 Å². The summed E-state index contributed by atoms with van der Waals surface area (Å²) < 4.78 is 39.5. The fourth-order valence-corrected chi connectivity index (χ4v) is 2.56. The van der Waals surface area contributed by atoms with Crippen LogP contribution in [0.5, 0.6) is 5.75 Å². The highest BCUT2D eigenvalue weighted by molar-refractivity contribution is 9.10. The second kappa shape index (κ2) is 6.49. The molecule has 0 aliphatic carbocycles. The van der Waals surface area contributed by atoms with Crippen molar-refractivity contribution in [2.45, 2.75) is 6.42 Å². The van der Waals surface area contributed by atoms with Crippen LogP contribution in [0.1, 0.15) is 6.42 Å². The molecule has 106 valence electrons. The van der Waals surface area contributed by atoms with Crippen molar-refractivity contribution in [1.29, 1.82) is 0 Å². The van der Waals surface area contributed by atoms with Gasteiger partial charge in [-0.25, -0.2) is 12.8 Å². The highest BCUT2D eigenvalue weighted by Gasteiger charge is 2.20. The van der Waals surface area contributed by atoms with E-state index in [1.54, 1.807) is 0 Å². The highest BCUT2D eigenvalue weighted by Crippen LogP contribution is 2.36. The molecular weight excluding hydrogens is 369 g/mol. The van der Waals surface area contributed by atoms with E-state index in [1.165, 1.54) is 0 Å². The number of nitro groups is 1. The van der Waals surface area contributed by atoms with Crippen LogP contribution in [0.2, 0.25) is 0 Å². The second-order valence-electron chi connectivity index (χ2n) is 3.44. The monoisotopic (exact) mass is 375 g/mol. The molecule has 0 bridgehead atoms. The largest absolute Gasteiger partial charge is 0.486 e. The Balaban J connectivity index is 2.80. The molecule has 0 saturated carbocycles. The molecule has 10 heteroatoms. The van der Waals surface area contributed by atoms with E-state index in [2.05, 4.69) is 15.9 Å². The number of rotatable bonds is 6. The summed E-state index contributed by atoms with van der Waals surface area (Å²) in [5.41, 5.74) is -0.541. The normalized spacial score (nSPS) is 11.3. The van der Waals surface area contributed by atoms with Gasteiger partial charge < -0.3 is 4.74 Å². The van der Waals surface area contributed by atoms with Gasteiger partial charge in [-0.3, -0.25) is 10.1 Å². The number of benzene rings is 1.